The SMILES string of the molecule is CSC1OC(CO)[C@@H](O)[C@H](O)[C@@H]1N=C(C)C1=C(O)CC(C)(C)CC1=O. The summed E-state index contributed by atoms with van der Waals surface area (Å²) in [4.78, 5) is 16.8. The van der Waals surface area contributed by atoms with Gasteiger partial charge in [0.1, 0.15) is 35.5 Å². The lowest BCUT2D eigenvalue weighted by Crippen LogP contribution is -2.57. The summed E-state index contributed by atoms with van der Waals surface area (Å²) in [5.41, 5.74) is -0.377. The van der Waals surface area contributed by atoms with Crippen LogP contribution in [0.3, 0.4) is 0 Å². The average molecular weight is 373 g/mol. The Hall–Kier alpha value is -0.930. The fraction of sp³-hybridized carbons (Fsp3) is 0.765. The normalized spacial score (nSPS) is 36.7. The number of aliphatic hydroxyl groups is 4. The Balaban J connectivity index is 2.32. The first kappa shape index (κ1) is 20.4. The minimum Gasteiger partial charge on any atom is -0.511 e. The van der Waals surface area contributed by atoms with Crippen LogP contribution in [0.2, 0.25) is 0 Å². The first-order valence-corrected chi connectivity index (χ1v) is 9.55. The van der Waals surface area contributed by atoms with E-state index in [1.54, 1.807) is 13.2 Å². The lowest BCUT2D eigenvalue weighted by Gasteiger charge is -2.40. The monoisotopic (exact) mass is 373 g/mol. The van der Waals surface area contributed by atoms with Crippen LogP contribution in [0.1, 0.15) is 33.6 Å². The number of aliphatic hydroxyl groups excluding tert-OH is 4. The minimum absolute atomic E-state index is 0.00297. The van der Waals surface area contributed by atoms with Crippen molar-refractivity contribution in [1.82, 2.24) is 0 Å². The molecule has 0 aromatic rings. The molecule has 142 valence electrons. The van der Waals surface area contributed by atoms with E-state index in [-0.39, 0.29) is 22.5 Å². The van der Waals surface area contributed by atoms with Crippen LogP contribution in [0.15, 0.2) is 16.3 Å². The topological polar surface area (TPSA) is 120 Å². The van der Waals surface area contributed by atoms with E-state index in [1.807, 2.05) is 13.8 Å². The molecule has 0 aromatic carbocycles. The molecule has 0 amide bonds. The molecule has 7 nitrogen and oxygen atoms in total. The third-order valence-corrected chi connectivity index (χ3v) is 5.49. The van der Waals surface area contributed by atoms with Gasteiger partial charge in [-0.1, -0.05) is 13.8 Å². The van der Waals surface area contributed by atoms with Crippen LogP contribution in [-0.4, -0.2) is 74.6 Å². The van der Waals surface area contributed by atoms with Crippen molar-refractivity contribution in [2.45, 2.75) is 63.4 Å². The molecule has 2 unspecified atom stereocenters. The smallest absolute Gasteiger partial charge is 0.168 e. The van der Waals surface area contributed by atoms with Crippen molar-refractivity contribution >= 4 is 23.3 Å². The zero-order valence-corrected chi connectivity index (χ0v) is 15.8. The largest absolute Gasteiger partial charge is 0.511 e. The molecule has 1 aliphatic heterocycles. The van der Waals surface area contributed by atoms with Gasteiger partial charge in [-0.05, 0) is 18.6 Å². The van der Waals surface area contributed by atoms with Gasteiger partial charge in [0.2, 0.25) is 0 Å². The highest BCUT2D eigenvalue weighted by Crippen LogP contribution is 2.37. The van der Waals surface area contributed by atoms with Crippen LogP contribution >= 0.6 is 11.8 Å². The number of carbonyl (C=O) groups is 1. The van der Waals surface area contributed by atoms with E-state index in [0.717, 1.165) is 0 Å². The van der Waals surface area contributed by atoms with Crippen LogP contribution < -0.4 is 0 Å². The van der Waals surface area contributed by atoms with E-state index in [1.165, 1.54) is 11.8 Å². The second kappa shape index (κ2) is 7.75. The molecule has 8 heteroatoms. The number of allylic oxidation sites excluding steroid dienone is 2. The number of ketones is 1. The third-order valence-electron chi connectivity index (χ3n) is 4.64. The Morgan fingerprint density at radius 1 is 1.32 bits per heavy atom. The maximum absolute atomic E-state index is 12.4. The maximum Gasteiger partial charge on any atom is 0.168 e. The van der Waals surface area contributed by atoms with Crippen LogP contribution in [-0.2, 0) is 9.53 Å². The van der Waals surface area contributed by atoms with Crippen LogP contribution in [0.4, 0.5) is 0 Å². The summed E-state index contributed by atoms with van der Waals surface area (Å²) in [6, 6.07) is -0.809. The fourth-order valence-electron chi connectivity index (χ4n) is 3.39. The predicted octanol–water partition coefficient (Wildman–Crippen LogP) is 0.819. The van der Waals surface area contributed by atoms with Gasteiger partial charge in [0, 0.05) is 18.6 Å². The van der Waals surface area contributed by atoms with Crippen molar-refractivity contribution in [2.24, 2.45) is 10.4 Å². The first-order valence-electron chi connectivity index (χ1n) is 8.26. The van der Waals surface area contributed by atoms with Crippen LogP contribution in [0.5, 0.6) is 0 Å². The van der Waals surface area contributed by atoms with E-state index in [0.29, 0.717) is 18.6 Å². The van der Waals surface area contributed by atoms with E-state index in [9.17, 15) is 25.2 Å². The molecule has 0 aromatic heterocycles. The molecule has 2 aliphatic rings. The summed E-state index contributed by atoms with van der Waals surface area (Å²) >= 11 is 1.29. The highest BCUT2D eigenvalue weighted by Gasteiger charge is 2.44. The van der Waals surface area contributed by atoms with Gasteiger partial charge in [-0.3, -0.25) is 9.79 Å². The summed E-state index contributed by atoms with van der Waals surface area (Å²) in [7, 11) is 0. The number of hydrogen-bond acceptors (Lipinski definition) is 8. The summed E-state index contributed by atoms with van der Waals surface area (Å²) in [6.07, 6.45) is -0.943. The molecule has 1 saturated heterocycles. The summed E-state index contributed by atoms with van der Waals surface area (Å²) < 4.78 is 5.59. The Kier molecular flexibility index (Phi) is 6.32. The van der Waals surface area contributed by atoms with E-state index in [4.69, 9.17) is 4.74 Å². The van der Waals surface area contributed by atoms with Gasteiger partial charge in [0.15, 0.2) is 5.78 Å². The van der Waals surface area contributed by atoms with Crippen molar-refractivity contribution in [3.63, 3.8) is 0 Å². The number of nitrogens with zero attached hydrogens (tertiary/aromatic N) is 1. The molecule has 25 heavy (non-hydrogen) atoms. The summed E-state index contributed by atoms with van der Waals surface area (Å²) in [6.45, 7) is 5.02. The number of thioether (sulfide) groups is 1. The average Bonchev–Trinajstić information content (AvgIpc) is 2.50. The quantitative estimate of drug-likeness (QED) is 0.539. The van der Waals surface area contributed by atoms with Gasteiger partial charge in [0.25, 0.3) is 0 Å². The van der Waals surface area contributed by atoms with Crippen LogP contribution in [0, 0.1) is 5.41 Å². The second-order valence-electron chi connectivity index (χ2n) is 7.41. The zero-order chi connectivity index (χ0) is 18.9. The number of aliphatic imine (C=N–C) groups is 1. The lowest BCUT2D eigenvalue weighted by atomic mass is 9.75. The molecule has 1 heterocycles. The van der Waals surface area contributed by atoms with Crippen LogP contribution in [0.25, 0.3) is 0 Å². The highest BCUT2D eigenvalue weighted by molar-refractivity contribution is 7.99. The molecule has 0 saturated carbocycles. The number of ether oxygens (including phenoxy) is 1. The van der Waals surface area contributed by atoms with Crippen molar-refractivity contribution in [3.05, 3.63) is 11.3 Å². The fourth-order valence-corrected chi connectivity index (χ4v) is 4.14. The summed E-state index contributed by atoms with van der Waals surface area (Å²) in [5, 5.41) is 40.0. The Labute approximate surface area is 151 Å². The molecular weight excluding hydrogens is 346 g/mol. The molecule has 0 bridgehead atoms. The Morgan fingerprint density at radius 2 is 1.96 bits per heavy atom. The van der Waals surface area contributed by atoms with Gasteiger partial charge in [-0.25, -0.2) is 0 Å². The second-order valence-corrected chi connectivity index (χ2v) is 8.35. The van der Waals surface area contributed by atoms with Crippen molar-refractivity contribution in [3.8, 4) is 0 Å². The molecule has 2 rings (SSSR count). The predicted molar refractivity (Wildman–Crippen MR) is 95.8 cm³/mol. The van der Waals surface area contributed by atoms with E-state index < -0.39 is 36.4 Å². The maximum atomic E-state index is 12.4. The lowest BCUT2D eigenvalue weighted by molar-refractivity contribution is -0.165. The standard InChI is InChI=1S/C17H27NO6S/c1-8(12-9(20)5-17(2,3)6-10(12)21)18-13-15(23)14(22)11(7-19)24-16(13)25-4/h11,13-16,19-20,22-23H,5-7H2,1-4H3/t11?,13-,14+,15+,16?/m0/s1. The zero-order valence-electron chi connectivity index (χ0n) is 15.0. The van der Waals surface area contributed by atoms with Gasteiger partial charge in [-0.2, -0.15) is 0 Å². The number of Topliss-reactive ketones (excluding diaryl/α,β-unsaturated/α-hetero) is 1. The first-order chi connectivity index (χ1) is 11.6. The molecular formula is C17H27NO6S. The molecule has 1 fully saturated rings. The number of carbonyl (C=O) groups excluding carboxylic acids is 1. The number of rotatable bonds is 4. The highest BCUT2D eigenvalue weighted by atomic mass is 32.2. The molecule has 4 N–H and O–H groups in total. The number of hydrogen-bond donors (Lipinski definition) is 4. The Morgan fingerprint density at radius 3 is 2.48 bits per heavy atom. The van der Waals surface area contributed by atoms with E-state index in [2.05, 4.69) is 4.99 Å². The molecule has 0 radical (unpaired) electrons. The van der Waals surface area contributed by atoms with Gasteiger partial charge in [0.05, 0.1) is 12.2 Å². The molecule has 1 aliphatic carbocycles. The van der Waals surface area contributed by atoms with E-state index >= 15 is 0 Å². The van der Waals surface area contributed by atoms with Crippen molar-refractivity contribution in [1.29, 1.82) is 0 Å². The minimum atomic E-state index is -1.28. The van der Waals surface area contributed by atoms with Gasteiger partial charge < -0.3 is 25.2 Å². The van der Waals surface area contributed by atoms with Gasteiger partial charge in [-0.15, -0.1) is 11.8 Å². The molecule has 0 spiro atoms. The van der Waals surface area contributed by atoms with Crippen molar-refractivity contribution in [2.75, 3.05) is 12.9 Å². The molecule has 5 atom stereocenters. The third kappa shape index (κ3) is 4.25. The van der Waals surface area contributed by atoms with Crippen molar-refractivity contribution < 1.29 is 30.0 Å². The van der Waals surface area contributed by atoms with Gasteiger partial charge >= 0.3 is 0 Å². The summed E-state index contributed by atoms with van der Waals surface area (Å²) in [5.74, 6) is -0.182. The Bertz CT molecular complexity index is 586.